The van der Waals surface area contributed by atoms with Gasteiger partial charge in [-0.15, -0.1) is 11.3 Å². The minimum absolute atomic E-state index is 0.00252. The maximum absolute atomic E-state index is 12.7. The summed E-state index contributed by atoms with van der Waals surface area (Å²) >= 11 is 3.08. The molecular weight excluding hydrogens is 414 g/mol. The van der Waals surface area contributed by atoms with Gasteiger partial charge >= 0.3 is 0 Å². The Balaban J connectivity index is 1.47. The van der Waals surface area contributed by atoms with Crippen LogP contribution in [0.2, 0.25) is 0 Å². The summed E-state index contributed by atoms with van der Waals surface area (Å²) in [6, 6.07) is 16.9. The van der Waals surface area contributed by atoms with E-state index in [9.17, 15) is 9.59 Å². The van der Waals surface area contributed by atoms with Crippen LogP contribution in [-0.2, 0) is 12.8 Å². The number of thioether (sulfide) groups is 1. The molecule has 30 heavy (non-hydrogen) atoms. The van der Waals surface area contributed by atoms with Crippen molar-refractivity contribution >= 4 is 44.9 Å². The van der Waals surface area contributed by atoms with Crippen molar-refractivity contribution in [1.82, 2.24) is 9.55 Å². The summed E-state index contributed by atoms with van der Waals surface area (Å²) < 4.78 is 1.62. The molecule has 0 saturated carbocycles. The summed E-state index contributed by atoms with van der Waals surface area (Å²) in [7, 11) is 1.76. The number of carbonyl (C=O) groups is 1. The molecule has 2 aromatic heterocycles. The van der Waals surface area contributed by atoms with E-state index in [2.05, 4.69) is 5.32 Å². The van der Waals surface area contributed by atoms with E-state index >= 15 is 0 Å². The number of carbonyl (C=O) groups excluding carboxylic acids is 1. The lowest BCUT2D eigenvalue weighted by Gasteiger charge is -2.08. The molecule has 0 fully saturated rings. The predicted molar refractivity (Wildman–Crippen MR) is 125 cm³/mol. The first kappa shape index (κ1) is 20.4. The van der Waals surface area contributed by atoms with Gasteiger partial charge in [0, 0.05) is 28.9 Å². The average Bonchev–Trinajstić information content (AvgIpc) is 3.04. The Labute approximate surface area is 182 Å². The number of nitrogens with zero attached hydrogens (tertiary/aromatic N) is 2. The number of para-hydroxylation sites is 1. The largest absolute Gasteiger partial charge is 0.322 e. The zero-order valence-corrected chi connectivity index (χ0v) is 18.6. The van der Waals surface area contributed by atoms with Gasteiger partial charge in [0.05, 0.1) is 5.39 Å². The molecule has 0 bridgehead atoms. The van der Waals surface area contributed by atoms with Gasteiger partial charge in [-0.05, 0) is 49.2 Å². The Morgan fingerprint density at radius 2 is 1.80 bits per heavy atom. The van der Waals surface area contributed by atoms with Crippen LogP contribution in [0.3, 0.4) is 0 Å². The van der Waals surface area contributed by atoms with Crippen molar-refractivity contribution in [1.29, 1.82) is 0 Å². The van der Waals surface area contributed by atoms with E-state index in [0.717, 1.165) is 31.9 Å². The third kappa shape index (κ3) is 4.04. The average molecular weight is 436 g/mol. The highest BCUT2D eigenvalue weighted by molar-refractivity contribution is 7.98. The summed E-state index contributed by atoms with van der Waals surface area (Å²) in [4.78, 5) is 31.7. The zero-order valence-electron chi connectivity index (χ0n) is 16.9. The molecular formula is C23H21N3O2S2. The quantitative estimate of drug-likeness (QED) is 0.348. The Morgan fingerprint density at radius 3 is 2.50 bits per heavy atom. The second kappa shape index (κ2) is 8.45. The molecule has 152 valence electrons. The minimum atomic E-state index is -0.140. The monoisotopic (exact) mass is 435 g/mol. The van der Waals surface area contributed by atoms with Crippen LogP contribution in [0.15, 0.2) is 64.5 Å². The molecule has 0 saturated heterocycles. The number of anilines is 1. The first-order chi connectivity index (χ1) is 14.4. The molecule has 0 aliphatic heterocycles. The molecule has 7 heteroatoms. The fourth-order valence-electron chi connectivity index (χ4n) is 3.11. The van der Waals surface area contributed by atoms with Crippen LogP contribution in [-0.4, -0.2) is 15.5 Å². The smallest absolute Gasteiger partial charge is 0.262 e. The number of thiophene rings is 1. The topological polar surface area (TPSA) is 64.0 Å². The minimum Gasteiger partial charge on any atom is -0.322 e. The van der Waals surface area contributed by atoms with Crippen molar-refractivity contribution in [3.63, 3.8) is 0 Å². The summed E-state index contributed by atoms with van der Waals surface area (Å²) in [5.74, 6) is 0.522. The number of aryl methyl sites for hydroxylation is 2. The van der Waals surface area contributed by atoms with E-state index in [1.54, 1.807) is 23.0 Å². The van der Waals surface area contributed by atoms with Crippen LogP contribution in [0.25, 0.3) is 10.2 Å². The molecule has 4 rings (SSSR count). The van der Waals surface area contributed by atoms with Crippen molar-refractivity contribution < 1.29 is 4.79 Å². The highest BCUT2D eigenvalue weighted by atomic mass is 32.2. The van der Waals surface area contributed by atoms with E-state index in [0.29, 0.717) is 16.5 Å². The maximum Gasteiger partial charge on any atom is 0.262 e. The first-order valence-corrected chi connectivity index (χ1v) is 11.3. The Morgan fingerprint density at radius 1 is 1.10 bits per heavy atom. The number of hydrogen-bond acceptors (Lipinski definition) is 5. The van der Waals surface area contributed by atoms with Gasteiger partial charge in [0.1, 0.15) is 4.83 Å². The highest BCUT2D eigenvalue weighted by Crippen LogP contribution is 2.29. The Bertz CT molecular complexity index is 1280. The van der Waals surface area contributed by atoms with E-state index in [1.165, 1.54) is 11.8 Å². The number of benzene rings is 2. The molecule has 4 aromatic rings. The van der Waals surface area contributed by atoms with E-state index in [4.69, 9.17) is 4.98 Å². The normalized spacial score (nSPS) is 11.0. The van der Waals surface area contributed by atoms with Gasteiger partial charge in [0.15, 0.2) is 5.16 Å². The summed E-state index contributed by atoms with van der Waals surface area (Å²) in [5.41, 5.74) is 3.44. The van der Waals surface area contributed by atoms with Crippen molar-refractivity contribution in [2.24, 2.45) is 7.05 Å². The van der Waals surface area contributed by atoms with Crippen LogP contribution in [0.1, 0.15) is 26.4 Å². The molecule has 0 radical (unpaired) electrons. The van der Waals surface area contributed by atoms with Crippen LogP contribution < -0.4 is 10.9 Å². The third-order valence-electron chi connectivity index (χ3n) is 4.99. The number of hydrogen-bond donors (Lipinski definition) is 1. The van der Waals surface area contributed by atoms with Crippen LogP contribution in [0.4, 0.5) is 5.69 Å². The van der Waals surface area contributed by atoms with Crippen molar-refractivity contribution in [2.75, 3.05) is 5.32 Å². The third-order valence-corrected chi connectivity index (χ3v) is 7.19. The summed E-state index contributed by atoms with van der Waals surface area (Å²) in [5, 5.41) is 4.30. The Hall–Kier alpha value is -2.90. The lowest BCUT2D eigenvalue weighted by molar-refractivity contribution is 0.102. The van der Waals surface area contributed by atoms with Gasteiger partial charge in [-0.2, -0.15) is 0 Å². The summed E-state index contributed by atoms with van der Waals surface area (Å²) in [6.45, 7) is 3.99. The molecule has 0 atom stereocenters. The van der Waals surface area contributed by atoms with Crippen LogP contribution >= 0.6 is 23.1 Å². The van der Waals surface area contributed by atoms with Gasteiger partial charge in [-0.25, -0.2) is 4.98 Å². The number of nitrogens with one attached hydrogen (secondary N) is 1. The number of rotatable bonds is 5. The van der Waals surface area contributed by atoms with Crippen LogP contribution in [0, 0.1) is 13.8 Å². The molecule has 1 amide bonds. The fraction of sp³-hybridized carbons (Fsp3) is 0.174. The molecule has 0 spiro atoms. The van der Waals surface area contributed by atoms with Gasteiger partial charge in [0.2, 0.25) is 0 Å². The predicted octanol–water partition coefficient (Wildman–Crippen LogP) is 5.16. The van der Waals surface area contributed by atoms with Gasteiger partial charge in [0.25, 0.3) is 11.5 Å². The van der Waals surface area contributed by atoms with Crippen molar-refractivity contribution in [3.8, 4) is 0 Å². The molecule has 0 aliphatic carbocycles. The SMILES string of the molecule is Cc1sc2nc(SCc3ccc(C(=O)Nc4ccccc4)cc3)n(C)c(=O)c2c1C. The van der Waals surface area contributed by atoms with Gasteiger partial charge < -0.3 is 5.32 Å². The van der Waals surface area contributed by atoms with Gasteiger partial charge in [-0.3, -0.25) is 14.2 Å². The molecule has 2 aromatic carbocycles. The fourth-order valence-corrected chi connectivity index (χ4v) is 5.11. The second-order valence-electron chi connectivity index (χ2n) is 7.03. The molecule has 0 unspecified atom stereocenters. The maximum atomic E-state index is 12.7. The molecule has 2 heterocycles. The standard InChI is InChI=1S/C23H21N3O2S2/c1-14-15(2)30-21-19(14)22(28)26(3)23(25-21)29-13-16-9-11-17(12-10-16)20(27)24-18-7-5-4-6-8-18/h4-12H,13H2,1-3H3,(H,24,27). The van der Waals surface area contributed by atoms with Crippen molar-refractivity contribution in [3.05, 3.63) is 86.5 Å². The highest BCUT2D eigenvalue weighted by Gasteiger charge is 2.15. The molecule has 0 aliphatic rings. The zero-order chi connectivity index (χ0) is 21.3. The van der Waals surface area contributed by atoms with Gasteiger partial charge in [-0.1, -0.05) is 42.1 Å². The number of amides is 1. The lowest BCUT2D eigenvalue weighted by atomic mass is 10.1. The number of aromatic nitrogens is 2. The number of fused-ring (bicyclic) bond motifs is 1. The second-order valence-corrected chi connectivity index (χ2v) is 9.17. The van der Waals surface area contributed by atoms with E-state index in [-0.39, 0.29) is 11.5 Å². The Kier molecular flexibility index (Phi) is 5.74. The van der Waals surface area contributed by atoms with E-state index < -0.39 is 0 Å². The van der Waals surface area contributed by atoms with Crippen LogP contribution in [0.5, 0.6) is 0 Å². The summed E-state index contributed by atoms with van der Waals surface area (Å²) in [6.07, 6.45) is 0. The van der Waals surface area contributed by atoms with Crippen molar-refractivity contribution in [2.45, 2.75) is 24.8 Å². The molecule has 1 N–H and O–H groups in total. The van der Waals surface area contributed by atoms with E-state index in [1.807, 2.05) is 68.4 Å². The first-order valence-electron chi connectivity index (χ1n) is 9.49. The molecule has 5 nitrogen and oxygen atoms in total. The lowest BCUT2D eigenvalue weighted by Crippen LogP contribution is -2.19.